The van der Waals surface area contributed by atoms with E-state index in [1.165, 1.54) is 4.31 Å². The van der Waals surface area contributed by atoms with E-state index in [1.54, 1.807) is 19.1 Å². The van der Waals surface area contributed by atoms with E-state index in [9.17, 15) is 18.0 Å². The van der Waals surface area contributed by atoms with Crippen LogP contribution >= 0.6 is 0 Å². The third kappa shape index (κ3) is 5.00. The van der Waals surface area contributed by atoms with E-state index in [-0.39, 0.29) is 12.6 Å². The van der Waals surface area contributed by atoms with Gasteiger partial charge < -0.3 is 15.6 Å². The van der Waals surface area contributed by atoms with Gasteiger partial charge in [0.1, 0.15) is 0 Å². The minimum Gasteiger partial charge on any atom is -0.361 e. The Kier molecular flexibility index (Phi) is 7.04. The number of nitrogens with one attached hydrogen (secondary N) is 3. The molecule has 34 heavy (non-hydrogen) atoms. The van der Waals surface area contributed by atoms with Crippen molar-refractivity contribution in [2.45, 2.75) is 44.0 Å². The monoisotopic (exact) mass is 482 g/mol. The van der Waals surface area contributed by atoms with Gasteiger partial charge in [0.2, 0.25) is 10.0 Å². The molecular weight excluding hydrogens is 452 g/mol. The second-order valence-corrected chi connectivity index (χ2v) is 10.6. The quantitative estimate of drug-likeness (QED) is 0.449. The maximum Gasteiger partial charge on any atom is 0.309 e. The van der Waals surface area contributed by atoms with Gasteiger partial charge in [-0.15, -0.1) is 0 Å². The predicted octanol–water partition coefficient (Wildman–Crippen LogP) is 2.41. The Hall–Kier alpha value is -3.17. The first-order valence-corrected chi connectivity index (χ1v) is 12.9. The molecule has 1 aliphatic heterocycles. The van der Waals surface area contributed by atoms with E-state index in [1.807, 2.05) is 43.5 Å². The second-order valence-electron chi connectivity index (χ2n) is 8.76. The van der Waals surface area contributed by atoms with Gasteiger partial charge in [0.15, 0.2) is 0 Å². The van der Waals surface area contributed by atoms with Crippen LogP contribution in [0.3, 0.4) is 0 Å². The van der Waals surface area contributed by atoms with Gasteiger partial charge in [-0.05, 0) is 61.9 Å². The fourth-order valence-electron chi connectivity index (χ4n) is 4.46. The molecule has 1 atom stereocenters. The molecule has 180 valence electrons. The molecule has 0 bridgehead atoms. The third-order valence-corrected chi connectivity index (χ3v) is 8.41. The van der Waals surface area contributed by atoms with Crippen LogP contribution in [0, 0.1) is 13.8 Å². The number of aromatic nitrogens is 1. The highest BCUT2D eigenvalue weighted by atomic mass is 32.2. The number of aryl methyl sites for hydroxylation is 2. The van der Waals surface area contributed by atoms with Gasteiger partial charge in [-0.1, -0.05) is 30.3 Å². The average Bonchev–Trinajstić information content (AvgIpc) is 3.46. The van der Waals surface area contributed by atoms with Crippen molar-refractivity contribution in [1.29, 1.82) is 0 Å². The van der Waals surface area contributed by atoms with Crippen LogP contribution in [0.5, 0.6) is 0 Å². The highest BCUT2D eigenvalue weighted by Gasteiger charge is 2.36. The van der Waals surface area contributed by atoms with Crippen molar-refractivity contribution in [3.8, 4) is 0 Å². The molecule has 2 amide bonds. The van der Waals surface area contributed by atoms with Gasteiger partial charge >= 0.3 is 11.8 Å². The first-order valence-electron chi connectivity index (χ1n) is 11.5. The van der Waals surface area contributed by atoms with Crippen LogP contribution in [-0.2, 0) is 26.0 Å². The van der Waals surface area contributed by atoms with Crippen molar-refractivity contribution in [1.82, 2.24) is 19.9 Å². The van der Waals surface area contributed by atoms with E-state index < -0.39 is 21.8 Å². The largest absolute Gasteiger partial charge is 0.361 e. The molecule has 0 spiro atoms. The summed E-state index contributed by atoms with van der Waals surface area (Å²) in [6.07, 6.45) is 3.84. The summed E-state index contributed by atoms with van der Waals surface area (Å²) in [4.78, 5) is 28.1. The molecule has 1 fully saturated rings. The third-order valence-electron chi connectivity index (χ3n) is 6.31. The minimum atomic E-state index is -3.69. The average molecular weight is 483 g/mol. The molecule has 0 unspecified atom stereocenters. The highest BCUT2D eigenvalue weighted by molar-refractivity contribution is 7.89. The molecule has 8 nitrogen and oxygen atoms in total. The van der Waals surface area contributed by atoms with Gasteiger partial charge in [0.05, 0.1) is 4.90 Å². The molecule has 1 aliphatic rings. The summed E-state index contributed by atoms with van der Waals surface area (Å²) < 4.78 is 28.0. The van der Waals surface area contributed by atoms with E-state index in [0.717, 1.165) is 22.0 Å². The molecule has 1 aromatic heterocycles. The van der Waals surface area contributed by atoms with Gasteiger partial charge in [0, 0.05) is 42.8 Å². The summed E-state index contributed by atoms with van der Waals surface area (Å²) in [5.41, 5.74) is 3.65. The number of nitrogens with zero attached hydrogens (tertiary/aromatic N) is 1. The molecular formula is C25H30N4O4S. The Morgan fingerprint density at radius 1 is 1.09 bits per heavy atom. The van der Waals surface area contributed by atoms with Gasteiger partial charge in [-0.3, -0.25) is 9.59 Å². The van der Waals surface area contributed by atoms with Crippen molar-refractivity contribution in [2.24, 2.45) is 0 Å². The Morgan fingerprint density at radius 3 is 2.68 bits per heavy atom. The minimum absolute atomic E-state index is 0.0960. The molecule has 3 aromatic rings. The van der Waals surface area contributed by atoms with Crippen LogP contribution in [0.4, 0.5) is 0 Å². The topological polar surface area (TPSA) is 111 Å². The van der Waals surface area contributed by atoms with Crippen LogP contribution < -0.4 is 10.6 Å². The number of carbonyl (C=O) groups is 2. The number of para-hydroxylation sites is 1. The lowest BCUT2D eigenvalue weighted by Crippen LogP contribution is -2.47. The number of hydrogen-bond donors (Lipinski definition) is 3. The van der Waals surface area contributed by atoms with Crippen molar-refractivity contribution in [3.63, 3.8) is 0 Å². The zero-order valence-corrected chi connectivity index (χ0v) is 20.2. The normalized spacial score (nSPS) is 16.6. The lowest BCUT2D eigenvalue weighted by molar-refractivity contribution is -0.139. The summed E-state index contributed by atoms with van der Waals surface area (Å²) in [5, 5.41) is 6.35. The molecule has 0 aliphatic carbocycles. The molecule has 0 saturated carbocycles. The number of rotatable bonds is 7. The number of carbonyl (C=O) groups excluding carboxylic acids is 2. The smallest absolute Gasteiger partial charge is 0.309 e. The van der Waals surface area contributed by atoms with E-state index in [4.69, 9.17) is 0 Å². The molecule has 0 radical (unpaired) electrons. The first-order chi connectivity index (χ1) is 16.3. The zero-order valence-electron chi connectivity index (χ0n) is 19.4. The summed E-state index contributed by atoms with van der Waals surface area (Å²) in [6, 6.07) is 12.9. The predicted molar refractivity (Wildman–Crippen MR) is 131 cm³/mol. The van der Waals surface area contributed by atoms with Crippen LogP contribution in [0.2, 0.25) is 0 Å². The molecule has 1 saturated heterocycles. The molecule has 4 rings (SSSR count). The van der Waals surface area contributed by atoms with Crippen LogP contribution in [0.1, 0.15) is 29.5 Å². The standard InChI is InChI=1S/C25H30N4O4S/c1-17-9-10-18(2)23(14-17)34(32,33)29-13-5-6-20(29)16-28-25(31)24(30)26-12-11-19-15-27-22-8-4-3-7-21(19)22/h3-4,7-10,14-15,20,27H,5-6,11-13,16H2,1-2H3,(H,26,30)(H,28,31)/t20-/m0/s1. The number of benzene rings is 2. The van der Waals surface area contributed by atoms with Crippen molar-refractivity contribution in [3.05, 3.63) is 65.4 Å². The Morgan fingerprint density at radius 2 is 1.85 bits per heavy atom. The van der Waals surface area contributed by atoms with E-state index >= 15 is 0 Å². The first kappa shape index (κ1) is 24.0. The number of sulfonamides is 1. The van der Waals surface area contributed by atoms with E-state index in [2.05, 4.69) is 15.6 Å². The van der Waals surface area contributed by atoms with Gasteiger partial charge in [-0.25, -0.2) is 8.42 Å². The highest BCUT2D eigenvalue weighted by Crippen LogP contribution is 2.28. The van der Waals surface area contributed by atoms with Gasteiger partial charge in [0.25, 0.3) is 0 Å². The van der Waals surface area contributed by atoms with Crippen molar-refractivity contribution in [2.75, 3.05) is 19.6 Å². The molecule has 2 heterocycles. The molecule has 9 heteroatoms. The number of aromatic amines is 1. The van der Waals surface area contributed by atoms with E-state index in [0.29, 0.717) is 42.8 Å². The van der Waals surface area contributed by atoms with Gasteiger partial charge in [-0.2, -0.15) is 4.31 Å². The lowest BCUT2D eigenvalue weighted by Gasteiger charge is -2.25. The SMILES string of the molecule is Cc1ccc(C)c(S(=O)(=O)N2CCC[C@H]2CNC(=O)C(=O)NCCc2c[nH]c3ccccc23)c1. The number of fused-ring (bicyclic) bond motifs is 1. The summed E-state index contributed by atoms with van der Waals surface area (Å²) in [6.45, 7) is 4.45. The Labute approximate surface area is 199 Å². The van der Waals surface area contributed by atoms with Crippen LogP contribution in [-0.4, -0.2) is 55.2 Å². The van der Waals surface area contributed by atoms with Crippen molar-refractivity contribution >= 4 is 32.7 Å². The summed E-state index contributed by atoms with van der Waals surface area (Å²) in [7, 11) is -3.69. The Balaban J connectivity index is 1.31. The number of H-pyrrole nitrogens is 1. The maximum atomic E-state index is 13.3. The van der Waals surface area contributed by atoms with Crippen LogP contribution in [0.15, 0.2) is 53.6 Å². The lowest BCUT2D eigenvalue weighted by atomic mass is 10.1. The number of amides is 2. The van der Waals surface area contributed by atoms with Crippen LogP contribution in [0.25, 0.3) is 10.9 Å². The summed E-state index contributed by atoms with van der Waals surface area (Å²) >= 11 is 0. The fourth-order valence-corrected chi connectivity index (χ4v) is 6.47. The van der Waals surface area contributed by atoms with Crippen molar-refractivity contribution < 1.29 is 18.0 Å². The zero-order chi connectivity index (χ0) is 24.3. The Bertz CT molecular complexity index is 1320. The molecule has 3 N–H and O–H groups in total. The number of hydrogen-bond acceptors (Lipinski definition) is 4. The fraction of sp³-hybridized carbons (Fsp3) is 0.360. The molecule has 2 aromatic carbocycles. The second kappa shape index (κ2) is 9.99. The summed E-state index contributed by atoms with van der Waals surface area (Å²) in [5.74, 6) is -1.48. The maximum absolute atomic E-state index is 13.3.